The summed E-state index contributed by atoms with van der Waals surface area (Å²) in [4.78, 5) is 22.5. The minimum Gasteiger partial charge on any atom is -0.378 e. The summed E-state index contributed by atoms with van der Waals surface area (Å²) >= 11 is 0. The molecule has 138 valence electrons. The molecule has 2 aromatic rings. The van der Waals surface area contributed by atoms with E-state index in [1.54, 1.807) is 0 Å². The Morgan fingerprint density at radius 3 is 2.73 bits per heavy atom. The van der Waals surface area contributed by atoms with Crippen LogP contribution in [0.5, 0.6) is 0 Å². The lowest BCUT2D eigenvalue weighted by Gasteiger charge is -2.27. The van der Waals surface area contributed by atoms with Gasteiger partial charge in [0.25, 0.3) is 0 Å². The Bertz CT molecular complexity index is 743. The van der Waals surface area contributed by atoms with Gasteiger partial charge in [-0.3, -0.25) is 0 Å². The highest BCUT2D eigenvalue weighted by Crippen LogP contribution is 2.21. The number of morpholine rings is 1. The van der Waals surface area contributed by atoms with Crippen LogP contribution in [0.25, 0.3) is 0 Å². The average Bonchev–Trinajstić information content (AvgIpc) is 3.10. The summed E-state index contributed by atoms with van der Waals surface area (Å²) in [6.45, 7) is 8.99. The number of nitrogens with zero attached hydrogens (tertiary/aromatic N) is 6. The summed E-state index contributed by atoms with van der Waals surface area (Å²) in [7, 11) is 0. The van der Waals surface area contributed by atoms with Crippen LogP contribution in [0.15, 0.2) is 18.3 Å². The summed E-state index contributed by atoms with van der Waals surface area (Å²) in [6.07, 6.45) is 2.88. The van der Waals surface area contributed by atoms with Gasteiger partial charge in [0, 0.05) is 50.2 Å². The van der Waals surface area contributed by atoms with E-state index in [-0.39, 0.29) is 0 Å². The van der Waals surface area contributed by atoms with E-state index in [1.807, 2.05) is 26.1 Å². The predicted molar refractivity (Wildman–Crippen MR) is 101 cm³/mol. The normalized spacial score (nSPS) is 20.5. The Kier molecular flexibility index (Phi) is 4.83. The molecule has 2 aliphatic heterocycles. The van der Waals surface area contributed by atoms with Crippen LogP contribution in [0.1, 0.15) is 17.9 Å². The third-order valence-electron chi connectivity index (χ3n) is 4.75. The highest BCUT2D eigenvalue weighted by Gasteiger charge is 2.24. The number of aryl methyl sites for hydroxylation is 2. The number of hydrogen-bond donors (Lipinski definition) is 1. The quantitative estimate of drug-likeness (QED) is 0.882. The molecule has 0 spiro atoms. The summed E-state index contributed by atoms with van der Waals surface area (Å²) in [5.41, 5.74) is 1.01. The van der Waals surface area contributed by atoms with E-state index in [0.717, 1.165) is 74.9 Å². The fraction of sp³-hybridized carbons (Fsp3) is 0.556. The van der Waals surface area contributed by atoms with E-state index in [0.29, 0.717) is 6.04 Å². The molecule has 4 rings (SSSR count). The highest BCUT2D eigenvalue weighted by molar-refractivity contribution is 5.46. The topological polar surface area (TPSA) is 79.3 Å². The van der Waals surface area contributed by atoms with Crippen LogP contribution in [-0.4, -0.2) is 65.4 Å². The Morgan fingerprint density at radius 2 is 1.92 bits per heavy atom. The molecule has 8 nitrogen and oxygen atoms in total. The summed E-state index contributed by atoms with van der Waals surface area (Å²) in [6, 6.07) is 4.33. The first-order chi connectivity index (χ1) is 12.7. The van der Waals surface area contributed by atoms with Gasteiger partial charge in [-0.2, -0.15) is 4.98 Å². The van der Waals surface area contributed by atoms with Crippen molar-refractivity contribution in [2.24, 2.45) is 0 Å². The van der Waals surface area contributed by atoms with Crippen LogP contribution < -0.4 is 15.1 Å². The van der Waals surface area contributed by atoms with E-state index in [2.05, 4.69) is 41.1 Å². The molecule has 8 heteroatoms. The Balaban J connectivity index is 1.40. The number of hydrogen-bond acceptors (Lipinski definition) is 8. The second-order valence-corrected chi connectivity index (χ2v) is 6.83. The van der Waals surface area contributed by atoms with Crippen molar-refractivity contribution in [3.8, 4) is 0 Å². The molecule has 0 radical (unpaired) electrons. The number of ether oxygens (including phenoxy) is 1. The van der Waals surface area contributed by atoms with Crippen molar-refractivity contribution < 1.29 is 4.74 Å². The SMILES string of the molecule is Cc1cc(N2CCC(Nc3ccnc(N4CCOCC4)n3)C2)nc(C)n1. The van der Waals surface area contributed by atoms with Gasteiger partial charge in [0.2, 0.25) is 5.95 Å². The molecule has 0 aromatic carbocycles. The van der Waals surface area contributed by atoms with Gasteiger partial charge in [-0.1, -0.05) is 0 Å². The molecule has 2 aromatic heterocycles. The second-order valence-electron chi connectivity index (χ2n) is 6.83. The van der Waals surface area contributed by atoms with Crippen LogP contribution in [0.4, 0.5) is 17.6 Å². The number of rotatable bonds is 4. The Hall–Kier alpha value is -2.48. The lowest BCUT2D eigenvalue weighted by molar-refractivity contribution is 0.122. The van der Waals surface area contributed by atoms with E-state index >= 15 is 0 Å². The van der Waals surface area contributed by atoms with Crippen LogP contribution in [0, 0.1) is 13.8 Å². The lowest BCUT2D eigenvalue weighted by atomic mass is 10.2. The van der Waals surface area contributed by atoms with Crippen molar-refractivity contribution in [1.82, 2.24) is 19.9 Å². The number of anilines is 3. The maximum absolute atomic E-state index is 5.40. The lowest BCUT2D eigenvalue weighted by Crippen LogP contribution is -2.37. The first-order valence-corrected chi connectivity index (χ1v) is 9.17. The minimum atomic E-state index is 0.345. The van der Waals surface area contributed by atoms with Gasteiger partial charge in [0.1, 0.15) is 17.5 Å². The number of nitrogens with one attached hydrogen (secondary N) is 1. The average molecular weight is 355 g/mol. The van der Waals surface area contributed by atoms with E-state index in [4.69, 9.17) is 4.74 Å². The van der Waals surface area contributed by atoms with E-state index < -0.39 is 0 Å². The van der Waals surface area contributed by atoms with Gasteiger partial charge < -0.3 is 19.9 Å². The maximum Gasteiger partial charge on any atom is 0.227 e. The largest absolute Gasteiger partial charge is 0.378 e. The van der Waals surface area contributed by atoms with Gasteiger partial charge in [-0.05, 0) is 26.3 Å². The monoisotopic (exact) mass is 355 g/mol. The fourth-order valence-electron chi connectivity index (χ4n) is 3.50. The molecular weight excluding hydrogens is 330 g/mol. The molecule has 0 bridgehead atoms. The molecule has 1 atom stereocenters. The zero-order chi connectivity index (χ0) is 17.9. The zero-order valence-electron chi connectivity index (χ0n) is 15.4. The van der Waals surface area contributed by atoms with Crippen molar-refractivity contribution in [1.29, 1.82) is 0 Å². The molecule has 1 unspecified atom stereocenters. The maximum atomic E-state index is 5.40. The van der Waals surface area contributed by atoms with Crippen LogP contribution in [0.2, 0.25) is 0 Å². The van der Waals surface area contributed by atoms with Crippen LogP contribution >= 0.6 is 0 Å². The Morgan fingerprint density at radius 1 is 1.08 bits per heavy atom. The fourth-order valence-corrected chi connectivity index (χ4v) is 3.50. The smallest absolute Gasteiger partial charge is 0.227 e. The van der Waals surface area contributed by atoms with Crippen LogP contribution in [-0.2, 0) is 4.74 Å². The first kappa shape index (κ1) is 17.0. The van der Waals surface area contributed by atoms with E-state index in [1.165, 1.54) is 0 Å². The summed E-state index contributed by atoms with van der Waals surface area (Å²) in [5.74, 6) is 3.48. The van der Waals surface area contributed by atoms with Crippen molar-refractivity contribution in [3.63, 3.8) is 0 Å². The van der Waals surface area contributed by atoms with Gasteiger partial charge in [-0.15, -0.1) is 0 Å². The molecular formula is C18H25N7O. The first-order valence-electron chi connectivity index (χ1n) is 9.17. The Labute approximate surface area is 153 Å². The standard InChI is InChI=1S/C18H25N7O/c1-13-11-17(21-14(2)20-13)25-6-4-15(12-25)22-16-3-5-19-18(23-16)24-7-9-26-10-8-24/h3,5,11,15H,4,6-10,12H2,1-2H3,(H,19,22,23). The van der Waals surface area contributed by atoms with Gasteiger partial charge in [0.05, 0.1) is 13.2 Å². The molecule has 2 fully saturated rings. The van der Waals surface area contributed by atoms with Crippen LogP contribution in [0.3, 0.4) is 0 Å². The van der Waals surface area contributed by atoms with Crippen molar-refractivity contribution >= 4 is 17.6 Å². The van der Waals surface area contributed by atoms with Gasteiger partial charge >= 0.3 is 0 Å². The number of aromatic nitrogens is 4. The van der Waals surface area contributed by atoms with E-state index in [9.17, 15) is 0 Å². The molecule has 1 N–H and O–H groups in total. The molecule has 2 saturated heterocycles. The van der Waals surface area contributed by atoms with Crippen molar-refractivity contribution in [2.45, 2.75) is 26.3 Å². The third kappa shape index (κ3) is 3.85. The molecule has 0 saturated carbocycles. The predicted octanol–water partition coefficient (Wildman–Crippen LogP) is 1.41. The molecule has 2 aliphatic rings. The second kappa shape index (κ2) is 7.41. The molecule has 4 heterocycles. The van der Waals surface area contributed by atoms with Gasteiger partial charge in [-0.25, -0.2) is 15.0 Å². The van der Waals surface area contributed by atoms with Crippen molar-refractivity contribution in [2.75, 3.05) is 54.5 Å². The summed E-state index contributed by atoms with van der Waals surface area (Å²) in [5, 5.41) is 3.56. The molecule has 0 amide bonds. The third-order valence-corrected chi connectivity index (χ3v) is 4.75. The molecule has 26 heavy (non-hydrogen) atoms. The molecule has 0 aliphatic carbocycles. The zero-order valence-corrected chi connectivity index (χ0v) is 15.4. The summed E-state index contributed by atoms with van der Waals surface area (Å²) < 4.78 is 5.40. The van der Waals surface area contributed by atoms with Gasteiger partial charge in [0.15, 0.2) is 0 Å². The minimum absolute atomic E-state index is 0.345. The highest BCUT2D eigenvalue weighted by atomic mass is 16.5. The van der Waals surface area contributed by atoms with Crippen molar-refractivity contribution in [3.05, 3.63) is 29.8 Å².